The summed E-state index contributed by atoms with van der Waals surface area (Å²) in [4.78, 5) is 4.62. The van der Waals surface area contributed by atoms with Gasteiger partial charge < -0.3 is 24.8 Å². The molecule has 1 unspecified atom stereocenters. The number of hydrogen-bond donors (Lipinski definition) is 2. The van der Waals surface area contributed by atoms with Crippen LogP contribution in [0.5, 0.6) is 0 Å². The van der Waals surface area contributed by atoms with Crippen molar-refractivity contribution in [3.63, 3.8) is 0 Å². The molecule has 0 aromatic heterocycles. The molecule has 2 aliphatic rings. The van der Waals surface area contributed by atoms with Crippen molar-refractivity contribution in [3.8, 4) is 0 Å². The molecule has 2 N–H and O–H groups in total. The highest BCUT2D eigenvalue weighted by Crippen LogP contribution is 2.20. The largest absolute Gasteiger partial charge is 0.379 e. The van der Waals surface area contributed by atoms with Crippen LogP contribution in [0.2, 0.25) is 0 Å². The minimum Gasteiger partial charge on any atom is -0.379 e. The van der Waals surface area contributed by atoms with Gasteiger partial charge in [0.15, 0.2) is 5.96 Å². The SMILES string of the molecule is CCNC(=NCCCOC1CCCCC1)NCCCOC1CCOC1.I. The summed E-state index contributed by atoms with van der Waals surface area (Å²) in [5.41, 5.74) is 0. The van der Waals surface area contributed by atoms with Crippen molar-refractivity contribution in [2.75, 3.05) is 46.1 Å². The Hall–Kier alpha value is -0.120. The van der Waals surface area contributed by atoms with Crippen molar-refractivity contribution >= 4 is 29.9 Å². The molecule has 154 valence electrons. The van der Waals surface area contributed by atoms with Crippen LogP contribution in [0.3, 0.4) is 0 Å². The molecule has 6 nitrogen and oxygen atoms in total. The Labute approximate surface area is 176 Å². The van der Waals surface area contributed by atoms with Crippen LogP contribution in [0.25, 0.3) is 0 Å². The molecule has 1 heterocycles. The second kappa shape index (κ2) is 15.9. The van der Waals surface area contributed by atoms with E-state index in [4.69, 9.17) is 14.2 Å². The summed E-state index contributed by atoms with van der Waals surface area (Å²) < 4.78 is 17.0. The number of aliphatic imine (C=N–C) groups is 1. The van der Waals surface area contributed by atoms with Gasteiger partial charge in [0, 0.05) is 39.5 Å². The van der Waals surface area contributed by atoms with E-state index in [9.17, 15) is 0 Å². The van der Waals surface area contributed by atoms with E-state index in [-0.39, 0.29) is 24.0 Å². The first-order valence-corrected chi connectivity index (χ1v) is 10.2. The Bertz CT molecular complexity index is 360. The van der Waals surface area contributed by atoms with Crippen molar-refractivity contribution in [2.24, 2.45) is 4.99 Å². The summed E-state index contributed by atoms with van der Waals surface area (Å²) >= 11 is 0. The number of rotatable bonds is 11. The number of guanidine groups is 1. The van der Waals surface area contributed by atoms with Crippen LogP contribution >= 0.6 is 24.0 Å². The third-order valence-corrected chi connectivity index (χ3v) is 4.68. The summed E-state index contributed by atoms with van der Waals surface area (Å²) in [5.74, 6) is 0.893. The molecule has 1 saturated carbocycles. The highest BCUT2D eigenvalue weighted by atomic mass is 127. The number of hydrogen-bond acceptors (Lipinski definition) is 4. The van der Waals surface area contributed by atoms with E-state index in [0.29, 0.717) is 12.2 Å². The van der Waals surface area contributed by atoms with Crippen LogP contribution in [-0.2, 0) is 14.2 Å². The molecule has 0 aromatic rings. The van der Waals surface area contributed by atoms with E-state index >= 15 is 0 Å². The smallest absolute Gasteiger partial charge is 0.191 e. The van der Waals surface area contributed by atoms with Crippen LogP contribution < -0.4 is 10.6 Å². The molecule has 1 atom stereocenters. The van der Waals surface area contributed by atoms with Crippen molar-refractivity contribution in [1.82, 2.24) is 10.6 Å². The van der Waals surface area contributed by atoms with Gasteiger partial charge in [-0.15, -0.1) is 24.0 Å². The quantitative estimate of drug-likeness (QED) is 0.205. The Morgan fingerprint density at radius 2 is 1.77 bits per heavy atom. The van der Waals surface area contributed by atoms with E-state index < -0.39 is 0 Å². The van der Waals surface area contributed by atoms with Gasteiger partial charge in [0.05, 0.1) is 18.8 Å². The zero-order valence-electron chi connectivity index (χ0n) is 16.3. The summed E-state index contributed by atoms with van der Waals surface area (Å²) in [7, 11) is 0. The fourth-order valence-corrected chi connectivity index (χ4v) is 3.25. The Balaban J connectivity index is 0.00000338. The predicted molar refractivity (Wildman–Crippen MR) is 117 cm³/mol. The Kier molecular flexibility index (Phi) is 14.6. The zero-order valence-corrected chi connectivity index (χ0v) is 18.7. The molecule has 1 saturated heterocycles. The molecule has 26 heavy (non-hydrogen) atoms. The molecular weight excluding hydrogens is 445 g/mol. The molecule has 0 bridgehead atoms. The lowest BCUT2D eigenvalue weighted by Gasteiger charge is -2.21. The number of ether oxygens (including phenoxy) is 3. The molecule has 2 fully saturated rings. The average Bonchev–Trinajstić information content (AvgIpc) is 3.15. The lowest BCUT2D eigenvalue weighted by Crippen LogP contribution is -2.38. The fourth-order valence-electron chi connectivity index (χ4n) is 3.25. The maximum atomic E-state index is 5.95. The summed E-state index contributed by atoms with van der Waals surface area (Å²) in [6.45, 7) is 7.83. The molecule has 2 rings (SSSR count). The summed E-state index contributed by atoms with van der Waals surface area (Å²) in [6.07, 6.45) is 10.3. The maximum Gasteiger partial charge on any atom is 0.191 e. The first kappa shape index (κ1) is 23.9. The van der Waals surface area contributed by atoms with E-state index in [2.05, 4.69) is 22.5 Å². The number of halogens is 1. The van der Waals surface area contributed by atoms with Gasteiger partial charge in [0.2, 0.25) is 0 Å². The molecule has 0 aromatic carbocycles. The van der Waals surface area contributed by atoms with Gasteiger partial charge in [-0.3, -0.25) is 4.99 Å². The zero-order chi connectivity index (χ0) is 17.6. The maximum absolute atomic E-state index is 5.95. The monoisotopic (exact) mass is 483 g/mol. The van der Waals surface area contributed by atoms with E-state index in [1.807, 2.05) is 0 Å². The third kappa shape index (κ3) is 10.9. The predicted octanol–water partition coefficient (Wildman–Crippen LogP) is 3.09. The van der Waals surface area contributed by atoms with Gasteiger partial charge in [0.1, 0.15) is 0 Å². The molecule has 0 radical (unpaired) electrons. The summed E-state index contributed by atoms with van der Waals surface area (Å²) in [5, 5.41) is 6.67. The van der Waals surface area contributed by atoms with Crippen LogP contribution in [-0.4, -0.2) is 64.2 Å². The number of nitrogens with zero attached hydrogens (tertiary/aromatic N) is 1. The third-order valence-electron chi connectivity index (χ3n) is 4.68. The lowest BCUT2D eigenvalue weighted by atomic mass is 9.98. The normalized spacial score (nSPS) is 21.4. The van der Waals surface area contributed by atoms with Crippen LogP contribution in [0.4, 0.5) is 0 Å². The van der Waals surface area contributed by atoms with Crippen LogP contribution in [0.1, 0.15) is 58.3 Å². The standard InChI is InChI=1S/C19H37N3O3.HI/c1-2-20-19(22-12-7-14-25-18-10-15-23-16-18)21-11-6-13-24-17-8-4-3-5-9-17;/h17-18H,2-16H2,1H3,(H2,20,21,22);1H. The highest BCUT2D eigenvalue weighted by molar-refractivity contribution is 14.0. The average molecular weight is 483 g/mol. The molecular formula is C19H38IN3O3. The molecule has 1 aliphatic heterocycles. The van der Waals surface area contributed by atoms with Gasteiger partial charge in [-0.05, 0) is 39.0 Å². The highest BCUT2D eigenvalue weighted by Gasteiger charge is 2.15. The minimum atomic E-state index is 0. The van der Waals surface area contributed by atoms with Crippen molar-refractivity contribution < 1.29 is 14.2 Å². The van der Waals surface area contributed by atoms with Crippen molar-refractivity contribution in [1.29, 1.82) is 0 Å². The van der Waals surface area contributed by atoms with Crippen LogP contribution in [0, 0.1) is 0 Å². The molecule has 0 amide bonds. The van der Waals surface area contributed by atoms with E-state index in [1.54, 1.807) is 0 Å². The minimum absolute atomic E-state index is 0. The van der Waals surface area contributed by atoms with Crippen molar-refractivity contribution in [2.45, 2.75) is 70.5 Å². The van der Waals surface area contributed by atoms with Gasteiger partial charge in [-0.25, -0.2) is 0 Å². The Morgan fingerprint density at radius 1 is 1.00 bits per heavy atom. The van der Waals surface area contributed by atoms with Gasteiger partial charge in [0.25, 0.3) is 0 Å². The van der Waals surface area contributed by atoms with E-state index in [1.165, 1.54) is 32.1 Å². The van der Waals surface area contributed by atoms with Crippen molar-refractivity contribution in [3.05, 3.63) is 0 Å². The lowest BCUT2D eigenvalue weighted by molar-refractivity contribution is 0.0281. The van der Waals surface area contributed by atoms with Gasteiger partial charge >= 0.3 is 0 Å². The second-order valence-corrected chi connectivity index (χ2v) is 6.88. The fraction of sp³-hybridized carbons (Fsp3) is 0.947. The van der Waals surface area contributed by atoms with Crippen LogP contribution in [0.15, 0.2) is 4.99 Å². The first-order valence-electron chi connectivity index (χ1n) is 10.2. The Morgan fingerprint density at radius 3 is 2.50 bits per heavy atom. The molecule has 1 aliphatic carbocycles. The topological polar surface area (TPSA) is 64.1 Å². The number of nitrogens with one attached hydrogen (secondary N) is 2. The first-order chi connectivity index (χ1) is 12.4. The second-order valence-electron chi connectivity index (χ2n) is 6.88. The van der Waals surface area contributed by atoms with Gasteiger partial charge in [-0.2, -0.15) is 0 Å². The summed E-state index contributed by atoms with van der Waals surface area (Å²) in [6, 6.07) is 0. The molecule has 0 spiro atoms. The van der Waals surface area contributed by atoms with E-state index in [0.717, 1.165) is 71.3 Å². The van der Waals surface area contributed by atoms with Gasteiger partial charge in [-0.1, -0.05) is 19.3 Å². The molecule has 7 heteroatoms.